The van der Waals surface area contributed by atoms with E-state index in [0.717, 1.165) is 15.5 Å². The van der Waals surface area contributed by atoms with Crippen LogP contribution in [-0.2, 0) is 0 Å². The summed E-state index contributed by atoms with van der Waals surface area (Å²) in [5, 5.41) is 10.6. The van der Waals surface area contributed by atoms with Crippen LogP contribution in [0.25, 0.3) is 0 Å². The fourth-order valence-corrected chi connectivity index (χ4v) is 1.65. The molecule has 1 aromatic rings. The summed E-state index contributed by atoms with van der Waals surface area (Å²) in [7, 11) is 0. The van der Waals surface area contributed by atoms with Gasteiger partial charge >= 0.3 is 0 Å². The van der Waals surface area contributed by atoms with E-state index in [1.807, 2.05) is 26.8 Å². The molecule has 0 saturated carbocycles. The maximum atomic E-state index is 9.60. The van der Waals surface area contributed by atoms with Gasteiger partial charge in [-0.15, -0.1) is 11.3 Å². The largest absolute Gasteiger partial charge is 0.383 e. The van der Waals surface area contributed by atoms with Crippen LogP contribution in [0.1, 0.15) is 29.8 Å². The van der Waals surface area contributed by atoms with Gasteiger partial charge < -0.3 is 5.11 Å². The topological polar surface area (TPSA) is 33.1 Å². The molecule has 0 aliphatic heterocycles. The van der Waals surface area contributed by atoms with Crippen LogP contribution in [0.4, 0.5) is 0 Å². The summed E-state index contributed by atoms with van der Waals surface area (Å²) in [6.45, 7) is 5.87. The SMILES string of the molecule is CC(C)=CC(O)c1cnc(C)s1. The highest BCUT2D eigenvalue weighted by atomic mass is 32.1. The molecule has 1 atom stereocenters. The standard InChI is InChI=1S/C9H13NOS/c1-6(2)4-8(11)9-5-10-7(3)12-9/h4-5,8,11H,1-3H3. The maximum Gasteiger partial charge on any atom is 0.108 e. The van der Waals surface area contributed by atoms with Gasteiger partial charge in [-0.1, -0.05) is 11.6 Å². The van der Waals surface area contributed by atoms with Gasteiger partial charge in [-0.05, 0) is 20.8 Å². The van der Waals surface area contributed by atoms with Gasteiger partial charge in [0.25, 0.3) is 0 Å². The zero-order chi connectivity index (χ0) is 9.14. The number of thiazole rings is 1. The van der Waals surface area contributed by atoms with Gasteiger partial charge in [0.05, 0.1) is 9.88 Å². The summed E-state index contributed by atoms with van der Waals surface area (Å²) in [6.07, 6.45) is 3.07. The molecule has 1 heterocycles. The van der Waals surface area contributed by atoms with Gasteiger partial charge in [0.15, 0.2) is 0 Å². The number of allylic oxidation sites excluding steroid dienone is 1. The molecule has 66 valence electrons. The smallest absolute Gasteiger partial charge is 0.108 e. The first-order chi connectivity index (χ1) is 5.59. The average molecular weight is 183 g/mol. The summed E-state index contributed by atoms with van der Waals surface area (Å²) in [5.74, 6) is 0. The predicted molar refractivity (Wildman–Crippen MR) is 51.2 cm³/mol. The molecule has 1 unspecified atom stereocenters. The van der Waals surface area contributed by atoms with Crippen molar-refractivity contribution in [3.63, 3.8) is 0 Å². The first-order valence-electron chi connectivity index (χ1n) is 3.85. The molecular weight excluding hydrogens is 170 g/mol. The zero-order valence-electron chi connectivity index (χ0n) is 7.53. The lowest BCUT2D eigenvalue weighted by Crippen LogP contribution is -1.89. The molecule has 0 amide bonds. The molecule has 2 nitrogen and oxygen atoms in total. The molecule has 0 spiro atoms. The van der Waals surface area contributed by atoms with Crippen molar-refractivity contribution < 1.29 is 5.11 Å². The number of aliphatic hydroxyl groups excluding tert-OH is 1. The van der Waals surface area contributed by atoms with Crippen LogP contribution in [0.5, 0.6) is 0 Å². The number of rotatable bonds is 2. The molecule has 0 saturated heterocycles. The highest BCUT2D eigenvalue weighted by Gasteiger charge is 2.06. The third kappa shape index (κ3) is 2.43. The first kappa shape index (κ1) is 9.42. The Morgan fingerprint density at radius 3 is 2.75 bits per heavy atom. The Morgan fingerprint density at radius 1 is 1.67 bits per heavy atom. The van der Waals surface area contributed by atoms with E-state index in [1.54, 1.807) is 6.20 Å². The number of aliphatic hydroxyl groups is 1. The van der Waals surface area contributed by atoms with E-state index in [-0.39, 0.29) is 0 Å². The van der Waals surface area contributed by atoms with Gasteiger partial charge in [0.2, 0.25) is 0 Å². The minimum absolute atomic E-state index is 0.485. The van der Waals surface area contributed by atoms with Crippen LogP contribution in [0.2, 0.25) is 0 Å². The van der Waals surface area contributed by atoms with Gasteiger partial charge in [-0.2, -0.15) is 0 Å². The van der Waals surface area contributed by atoms with Crippen LogP contribution >= 0.6 is 11.3 Å². The molecule has 0 aliphatic rings. The zero-order valence-corrected chi connectivity index (χ0v) is 8.35. The molecule has 0 bridgehead atoms. The van der Waals surface area contributed by atoms with Crippen LogP contribution in [0.3, 0.4) is 0 Å². The second-order valence-corrected chi connectivity index (χ2v) is 4.24. The molecule has 0 fully saturated rings. The van der Waals surface area contributed by atoms with E-state index < -0.39 is 6.10 Å². The fourth-order valence-electron chi connectivity index (χ4n) is 0.912. The Bertz CT molecular complexity index is 286. The molecule has 0 aromatic carbocycles. The van der Waals surface area contributed by atoms with E-state index >= 15 is 0 Å². The average Bonchev–Trinajstić information content (AvgIpc) is 2.34. The van der Waals surface area contributed by atoms with E-state index in [4.69, 9.17) is 0 Å². The van der Waals surface area contributed by atoms with Crippen LogP contribution < -0.4 is 0 Å². The van der Waals surface area contributed by atoms with E-state index in [0.29, 0.717) is 0 Å². The Labute approximate surface area is 76.6 Å². The molecule has 1 rings (SSSR count). The Kier molecular flexibility index (Phi) is 3.00. The van der Waals surface area contributed by atoms with Crippen molar-refractivity contribution in [2.45, 2.75) is 26.9 Å². The normalized spacial score (nSPS) is 12.7. The van der Waals surface area contributed by atoms with E-state index in [2.05, 4.69) is 4.98 Å². The molecule has 12 heavy (non-hydrogen) atoms. The highest BCUT2D eigenvalue weighted by molar-refractivity contribution is 7.11. The van der Waals surface area contributed by atoms with Gasteiger partial charge in [0, 0.05) is 6.20 Å². The number of nitrogens with zero attached hydrogens (tertiary/aromatic N) is 1. The van der Waals surface area contributed by atoms with Crippen LogP contribution in [0, 0.1) is 6.92 Å². The van der Waals surface area contributed by atoms with Crippen molar-refractivity contribution in [1.29, 1.82) is 0 Å². The summed E-state index contributed by atoms with van der Waals surface area (Å²) in [4.78, 5) is 4.99. The van der Waals surface area contributed by atoms with Crippen molar-refractivity contribution >= 4 is 11.3 Å². The van der Waals surface area contributed by atoms with Crippen molar-refractivity contribution in [2.24, 2.45) is 0 Å². The summed E-state index contributed by atoms with van der Waals surface area (Å²) < 4.78 is 0. The second-order valence-electron chi connectivity index (χ2n) is 2.97. The number of aromatic nitrogens is 1. The molecule has 0 aliphatic carbocycles. The molecule has 1 N–H and O–H groups in total. The fraction of sp³-hybridized carbons (Fsp3) is 0.444. The monoisotopic (exact) mass is 183 g/mol. The summed E-state index contributed by atoms with van der Waals surface area (Å²) >= 11 is 1.53. The van der Waals surface area contributed by atoms with Gasteiger partial charge in [-0.25, -0.2) is 4.98 Å². The lowest BCUT2D eigenvalue weighted by molar-refractivity contribution is 0.231. The van der Waals surface area contributed by atoms with Crippen LogP contribution in [-0.4, -0.2) is 10.1 Å². The van der Waals surface area contributed by atoms with Crippen molar-refractivity contribution in [2.75, 3.05) is 0 Å². The van der Waals surface area contributed by atoms with E-state index in [1.165, 1.54) is 11.3 Å². The lowest BCUT2D eigenvalue weighted by atomic mass is 10.2. The number of hydrogen-bond acceptors (Lipinski definition) is 3. The highest BCUT2D eigenvalue weighted by Crippen LogP contribution is 2.21. The first-order valence-corrected chi connectivity index (χ1v) is 4.66. The Balaban J connectivity index is 2.78. The van der Waals surface area contributed by atoms with Gasteiger partial charge in [0.1, 0.15) is 6.10 Å². The summed E-state index contributed by atoms with van der Waals surface area (Å²) in [5.41, 5.74) is 1.12. The number of aryl methyl sites for hydroxylation is 1. The number of hydrogen-bond donors (Lipinski definition) is 1. The quantitative estimate of drug-likeness (QED) is 0.714. The van der Waals surface area contributed by atoms with Crippen molar-refractivity contribution in [1.82, 2.24) is 4.98 Å². The third-order valence-electron chi connectivity index (χ3n) is 1.42. The maximum absolute atomic E-state index is 9.60. The minimum atomic E-state index is -0.485. The third-order valence-corrected chi connectivity index (χ3v) is 2.41. The van der Waals surface area contributed by atoms with Crippen molar-refractivity contribution in [3.05, 3.63) is 27.7 Å². The molecule has 1 aromatic heterocycles. The molecule has 0 radical (unpaired) electrons. The lowest BCUT2D eigenvalue weighted by Gasteiger charge is -2.00. The van der Waals surface area contributed by atoms with E-state index in [9.17, 15) is 5.11 Å². The second kappa shape index (κ2) is 3.83. The van der Waals surface area contributed by atoms with Crippen molar-refractivity contribution in [3.8, 4) is 0 Å². The van der Waals surface area contributed by atoms with Crippen LogP contribution in [0.15, 0.2) is 17.8 Å². The molecular formula is C9H13NOS. The Morgan fingerprint density at radius 2 is 2.33 bits per heavy atom. The predicted octanol–water partition coefficient (Wildman–Crippen LogP) is 2.45. The Hall–Kier alpha value is -0.670. The summed E-state index contributed by atoms with van der Waals surface area (Å²) in [6, 6.07) is 0. The molecule has 3 heteroatoms. The van der Waals surface area contributed by atoms with Gasteiger partial charge in [-0.3, -0.25) is 0 Å². The minimum Gasteiger partial charge on any atom is -0.383 e.